The minimum atomic E-state index is -0.287. The van der Waals surface area contributed by atoms with Gasteiger partial charge in [-0.05, 0) is 30.7 Å². The van der Waals surface area contributed by atoms with Crippen LogP contribution in [0, 0.1) is 12.7 Å². The largest absolute Gasteiger partial charge is 0.376 e. The maximum absolute atomic E-state index is 13.0. The zero-order valence-electron chi connectivity index (χ0n) is 12.4. The van der Waals surface area contributed by atoms with Crippen LogP contribution in [0.15, 0.2) is 18.2 Å². The number of benzene rings is 1. The average molecular weight is 293 g/mol. The second kappa shape index (κ2) is 6.56. The average Bonchev–Trinajstić information content (AvgIpc) is 2.46. The van der Waals surface area contributed by atoms with E-state index in [9.17, 15) is 14.0 Å². The summed E-state index contributed by atoms with van der Waals surface area (Å²) in [6.07, 6.45) is 0. The van der Waals surface area contributed by atoms with E-state index in [0.717, 1.165) is 11.3 Å². The molecule has 1 aromatic rings. The number of hydrogen-bond acceptors (Lipinski definition) is 3. The zero-order valence-corrected chi connectivity index (χ0v) is 12.4. The molecule has 2 amide bonds. The van der Waals surface area contributed by atoms with Crippen LogP contribution in [0.3, 0.4) is 0 Å². The number of rotatable bonds is 3. The number of nitrogens with one attached hydrogen (secondary N) is 1. The molecule has 0 saturated carbocycles. The third-order valence-electron chi connectivity index (χ3n) is 3.70. The Morgan fingerprint density at radius 1 is 1.19 bits per heavy atom. The minimum absolute atomic E-state index is 0.0121. The van der Waals surface area contributed by atoms with Crippen molar-refractivity contribution in [3.05, 3.63) is 29.6 Å². The van der Waals surface area contributed by atoms with Gasteiger partial charge in [-0.3, -0.25) is 9.59 Å². The van der Waals surface area contributed by atoms with Crippen molar-refractivity contribution in [1.29, 1.82) is 0 Å². The Balaban J connectivity index is 1.84. The van der Waals surface area contributed by atoms with Gasteiger partial charge < -0.3 is 15.1 Å². The molecule has 1 aliphatic heterocycles. The quantitative estimate of drug-likeness (QED) is 0.912. The minimum Gasteiger partial charge on any atom is -0.376 e. The highest BCUT2D eigenvalue weighted by atomic mass is 19.1. The summed E-state index contributed by atoms with van der Waals surface area (Å²) in [5.41, 5.74) is 1.52. The first-order valence-electron chi connectivity index (χ1n) is 7.00. The molecule has 1 heterocycles. The Kier molecular flexibility index (Phi) is 4.77. The van der Waals surface area contributed by atoms with E-state index in [-0.39, 0.29) is 24.2 Å². The van der Waals surface area contributed by atoms with Gasteiger partial charge in [-0.15, -0.1) is 0 Å². The molecule has 2 rings (SSSR count). The number of piperazine rings is 1. The van der Waals surface area contributed by atoms with Crippen LogP contribution < -0.4 is 5.32 Å². The third kappa shape index (κ3) is 3.93. The summed E-state index contributed by atoms with van der Waals surface area (Å²) in [6.45, 7) is 5.78. The molecular formula is C15H20FN3O2. The SMILES string of the molecule is CC(=O)N1CCN(C(=O)CNc2ccc(F)cc2C)CC1. The number of aryl methyl sites for hydroxylation is 1. The van der Waals surface area contributed by atoms with E-state index in [2.05, 4.69) is 5.32 Å². The van der Waals surface area contributed by atoms with Gasteiger partial charge in [-0.2, -0.15) is 0 Å². The van der Waals surface area contributed by atoms with Crippen LogP contribution in [0.25, 0.3) is 0 Å². The lowest BCUT2D eigenvalue weighted by Crippen LogP contribution is -2.51. The molecule has 0 unspecified atom stereocenters. The van der Waals surface area contributed by atoms with Gasteiger partial charge in [0.2, 0.25) is 11.8 Å². The van der Waals surface area contributed by atoms with E-state index in [4.69, 9.17) is 0 Å². The third-order valence-corrected chi connectivity index (χ3v) is 3.70. The molecule has 21 heavy (non-hydrogen) atoms. The molecular weight excluding hydrogens is 273 g/mol. The molecule has 0 aromatic heterocycles. The lowest BCUT2D eigenvalue weighted by atomic mass is 10.2. The number of halogens is 1. The van der Waals surface area contributed by atoms with Gasteiger partial charge in [-0.25, -0.2) is 4.39 Å². The van der Waals surface area contributed by atoms with Crippen molar-refractivity contribution in [2.75, 3.05) is 38.0 Å². The Labute approximate surface area is 123 Å². The molecule has 0 radical (unpaired) electrons. The zero-order chi connectivity index (χ0) is 15.4. The Morgan fingerprint density at radius 3 is 2.38 bits per heavy atom. The van der Waals surface area contributed by atoms with Crippen LogP contribution in [0.1, 0.15) is 12.5 Å². The molecule has 0 bridgehead atoms. The van der Waals surface area contributed by atoms with E-state index < -0.39 is 0 Å². The maximum Gasteiger partial charge on any atom is 0.241 e. The maximum atomic E-state index is 13.0. The van der Waals surface area contributed by atoms with Gasteiger partial charge in [0.1, 0.15) is 5.82 Å². The molecule has 1 N–H and O–H groups in total. The predicted molar refractivity (Wildman–Crippen MR) is 78.5 cm³/mol. The smallest absolute Gasteiger partial charge is 0.241 e. The molecule has 1 aliphatic rings. The number of hydrogen-bond donors (Lipinski definition) is 1. The fourth-order valence-electron chi connectivity index (χ4n) is 2.38. The molecule has 0 spiro atoms. The van der Waals surface area contributed by atoms with Crippen molar-refractivity contribution < 1.29 is 14.0 Å². The molecule has 1 fully saturated rings. The summed E-state index contributed by atoms with van der Waals surface area (Å²) in [7, 11) is 0. The highest BCUT2D eigenvalue weighted by Gasteiger charge is 2.21. The summed E-state index contributed by atoms with van der Waals surface area (Å²) >= 11 is 0. The first-order valence-corrected chi connectivity index (χ1v) is 7.00. The van der Waals surface area contributed by atoms with Crippen LogP contribution >= 0.6 is 0 Å². The molecule has 114 valence electrons. The Bertz CT molecular complexity index is 540. The van der Waals surface area contributed by atoms with Crippen LogP contribution in [-0.2, 0) is 9.59 Å². The van der Waals surface area contributed by atoms with Crippen LogP contribution in [0.4, 0.5) is 10.1 Å². The Hall–Kier alpha value is -2.11. The van der Waals surface area contributed by atoms with Crippen LogP contribution in [0.2, 0.25) is 0 Å². The second-order valence-electron chi connectivity index (χ2n) is 5.20. The van der Waals surface area contributed by atoms with E-state index in [0.29, 0.717) is 26.2 Å². The van der Waals surface area contributed by atoms with Gasteiger partial charge in [0, 0.05) is 38.8 Å². The van der Waals surface area contributed by atoms with Gasteiger partial charge >= 0.3 is 0 Å². The lowest BCUT2D eigenvalue weighted by molar-refractivity contribution is -0.137. The van der Waals surface area contributed by atoms with Crippen molar-refractivity contribution >= 4 is 17.5 Å². The Morgan fingerprint density at radius 2 is 1.81 bits per heavy atom. The van der Waals surface area contributed by atoms with Gasteiger partial charge in [-0.1, -0.05) is 0 Å². The van der Waals surface area contributed by atoms with Crippen molar-refractivity contribution in [1.82, 2.24) is 9.80 Å². The highest BCUT2D eigenvalue weighted by Crippen LogP contribution is 2.15. The second-order valence-corrected chi connectivity index (χ2v) is 5.20. The normalized spacial score (nSPS) is 15.0. The molecule has 1 saturated heterocycles. The molecule has 1 aromatic carbocycles. The number of carbonyl (C=O) groups excluding carboxylic acids is 2. The van der Waals surface area contributed by atoms with Crippen molar-refractivity contribution in [2.45, 2.75) is 13.8 Å². The summed E-state index contributed by atoms with van der Waals surface area (Å²) in [4.78, 5) is 26.8. The van der Waals surface area contributed by atoms with Crippen LogP contribution in [-0.4, -0.2) is 54.3 Å². The van der Waals surface area contributed by atoms with Crippen LogP contribution in [0.5, 0.6) is 0 Å². The topological polar surface area (TPSA) is 52.7 Å². The molecule has 5 nitrogen and oxygen atoms in total. The summed E-state index contributed by atoms with van der Waals surface area (Å²) < 4.78 is 13.0. The van der Waals surface area contributed by atoms with Crippen molar-refractivity contribution in [3.63, 3.8) is 0 Å². The van der Waals surface area contributed by atoms with E-state index in [1.165, 1.54) is 19.1 Å². The standard InChI is InChI=1S/C15H20FN3O2/c1-11-9-13(16)3-4-14(11)17-10-15(21)19-7-5-18(6-8-19)12(2)20/h3-4,9,17H,5-8,10H2,1-2H3. The van der Waals surface area contributed by atoms with Crippen molar-refractivity contribution in [3.8, 4) is 0 Å². The first kappa shape index (κ1) is 15.3. The monoisotopic (exact) mass is 293 g/mol. The van der Waals surface area contributed by atoms with Gasteiger partial charge in [0.25, 0.3) is 0 Å². The van der Waals surface area contributed by atoms with Crippen molar-refractivity contribution in [2.24, 2.45) is 0 Å². The number of anilines is 1. The van der Waals surface area contributed by atoms with E-state index in [1.54, 1.807) is 22.8 Å². The summed E-state index contributed by atoms with van der Waals surface area (Å²) in [6, 6.07) is 4.43. The molecule has 0 atom stereocenters. The van der Waals surface area contributed by atoms with Gasteiger partial charge in [0.05, 0.1) is 6.54 Å². The lowest BCUT2D eigenvalue weighted by Gasteiger charge is -2.34. The molecule has 6 heteroatoms. The summed E-state index contributed by atoms with van der Waals surface area (Å²) in [5.74, 6) is -0.256. The fraction of sp³-hybridized carbons (Fsp3) is 0.467. The number of nitrogens with zero attached hydrogens (tertiary/aromatic N) is 2. The van der Waals surface area contributed by atoms with E-state index >= 15 is 0 Å². The van der Waals surface area contributed by atoms with Gasteiger partial charge in [0.15, 0.2) is 0 Å². The first-order chi connectivity index (χ1) is 9.97. The predicted octanol–water partition coefficient (Wildman–Crippen LogP) is 1.24. The number of carbonyl (C=O) groups is 2. The number of amides is 2. The van der Waals surface area contributed by atoms with E-state index in [1.807, 2.05) is 0 Å². The summed E-state index contributed by atoms with van der Waals surface area (Å²) in [5, 5.41) is 3.03. The molecule has 0 aliphatic carbocycles. The fourth-order valence-corrected chi connectivity index (χ4v) is 2.38. The highest BCUT2D eigenvalue weighted by molar-refractivity contribution is 5.81.